The molecule has 2 aromatic carbocycles. The van der Waals surface area contributed by atoms with Gasteiger partial charge >= 0.3 is 0 Å². The summed E-state index contributed by atoms with van der Waals surface area (Å²) in [5, 5.41) is 8.83. The Balaban J connectivity index is 2.58. The first-order valence-electron chi connectivity index (χ1n) is 5.81. The molecule has 21 heavy (non-hydrogen) atoms. The fraction of sp³-hybridized carbons (Fsp3) is 0.0714. The smallest absolute Gasteiger partial charge is 0.265 e. The minimum absolute atomic E-state index is 0.0304. The van der Waals surface area contributed by atoms with Crippen LogP contribution in [0.5, 0.6) is 0 Å². The van der Waals surface area contributed by atoms with Gasteiger partial charge in [0.25, 0.3) is 10.0 Å². The second-order valence-corrected chi connectivity index (χ2v) is 6.53. The highest BCUT2D eigenvalue weighted by atomic mass is 35.5. The van der Waals surface area contributed by atoms with Crippen molar-refractivity contribution in [3.05, 3.63) is 58.9 Å². The van der Waals surface area contributed by atoms with E-state index in [0.29, 0.717) is 0 Å². The monoisotopic (exact) mass is 324 g/mol. The molecule has 0 fully saturated rings. The predicted molar refractivity (Wildman–Crippen MR) is 78.2 cm³/mol. The molecule has 108 valence electrons. The maximum absolute atomic E-state index is 13.7. The second kappa shape index (κ2) is 5.72. The lowest BCUT2D eigenvalue weighted by Crippen LogP contribution is -2.27. The van der Waals surface area contributed by atoms with Crippen LogP contribution in [0.15, 0.2) is 47.4 Å². The first kappa shape index (κ1) is 15.3. The van der Waals surface area contributed by atoms with Crippen LogP contribution in [0.25, 0.3) is 0 Å². The van der Waals surface area contributed by atoms with Gasteiger partial charge in [0.05, 0.1) is 22.3 Å². The molecule has 0 amide bonds. The van der Waals surface area contributed by atoms with Gasteiger partial charge in [-0.25, -0.2) is 12.8 Å². The van der Waals surface area contributed by atoms with E-state index < -0.39 is 15.8 Å². The number of anilines is 1. The van der Waals surface area contributed by atoms with Crippen molar-refractivity contribution in [3.63, 3.8) is 0 Å². The summed E-state index contributed by atoms with van der Waals surface area (Å²) >= 11 is 5.90. The molecule has 0 unspecified atom stereocenters. The third-order valence-electron chi connectivity index (χ3n) is 2.89. The van der Waals surface area contributed by atoms with Gasteiger partial charge in [-0.3, -0.25) is 4.31 Å². The lowest BCUT2D eigenvalue weighted by Gasteiger charge is -2.20. The van der Waals surface area contributed by atoms with Crippen molar-refractivity contribution >= 4 is 27.3 Å². The second-order valence-electron chi connectivity index (χ2n) is 4.18. The van der Waals surface area contributed by atoms with Crippen LogP contribution < -0.4 is 4.31 Å². The molecule has 0 saturated carbocycles. The molecule has 7 heteroatoms. The van der Waals surface area contributed by atoms with Crippen molar-refractivity contribution in [2.75, 3.05) is 11.4 Å². The SMILES string of the molecule is CN(c1ccccc1F)S(=O)(=O)c1cc(C#N)ccc1Cl. The van der Waals surface area contributed by atoms with E-state index in [1.165, 1.54) is 37.4 Å². The third kappa shape index (κ3) is 2.84. The molecule has 0 aromatic heterocycles. The standard InChI is InChI=1S/C14H10ClFN2O2S/c1-18(13-5-3-2-4-12(13)16)21(19,20)14-8-10(9-17)6-7-11(14)15/h2-8H,1H3. The van der Waals surface area contributed by atoms with Gasteiger partial charge in [-0.15, -0.1) is 0 Å². The summed E-state index contributed by atoms with van der Waals surface area (Å²) in [4.78, 5) is -0.242. The van der Waals surface area contributed by atoms with Gasteiger partial charge < -0.3 is 0 Å². The summed E-state index contributed by atoms with van der Waals surface area (Å²) < 4.78 is 39.6. The van der Waals surface area contributed by atoms with E-state index in [4.69, 9.17) is 16.9 Å². The summed E-state index contributed by atoms with van der Waals surface area (Å²) in [5.41, 5.74) is 0.0517. The lowest BCUT2D eigenvalue weighted by molar-refractivity contribution is 0.589. The maximum atomic E-state index is 13.7. The normalized spacial score (nSPS) is 11.0. The summed E-state index contributed by atoms with van der Waals surface area (Å²) in [7, 11) is -2.84. The molecule has 4 nitrogen and oxygen atoms in total. The number of nitrogens with zero attached hydrogens (tertiary/aromatic N) is 2. The molecule has 0 heterocycles. The predicted octanol–water partition coefficient (Wildman–Crippen LogP) is 3.18. The molecule has 2 rings (SSSR count). The van der Waals surface area contributed by atoms with Gasteiger partial charge in [0, 0.05) is 7.05 Å². The van der Waals surface area contributed by atoms with Crippen LogP contribution in [0, 0.1) is 17.1 Å². The van der Waals surface area contributed by atoms with Crippen LogP contribution in [0.2, 0.25) is 5.02 Å². The van der Waals surface area contributed by atoms with E-state index in [1.807, 2.05) is 6.07 Å². The Morgan fingerprint density at radius 2 is 1.90 bits per heavy atom. The molecule has 0 radical (unpaired) electrons. The zero-order chi connectivity index (χ0) is 15.6. The molecule has 0 aliphatic carbocycles. The van der Waals surface area contributed by atoms with Crippen LogP contribution in [0.3, 0.4) is 0 Å². The summed E-state index contributed by atoms with van der Waals surface area (Å²) in [6.45, 7) is 0. The number of hydrogen-bond donors (Lipinski definition) is 0. The van der Waals surface area contributed by atoms with E-state index >= 15 is 0 Å². The highest BCUT2D eigenvalue weighted by Crippen LogP contribution is 2.29. The Bertz CT molecular complexity index is 831. The molecule has 0 atom stereocenters. The average Bonchev–Trinajstić information content (AvgIpc) is 2.47. The van der Waals surface area contributed by atoms with E-state index in [1.54, 1.807) is 0 Å². The van der Waals surface area contributed by atoms with Crippen molar-refractivity contribution in [1.29, 1.82) is 5.26 Å². The molecular formula is C14H10ClFN2O2S. The van der Waals surface area contributed by atoms with Crippen molar-refractivity contribution in [2.45, 2.75) is 4.90 Å². The Morgan fingerprint density at radius 3 is 2.52 bits per heavy atom. The third-order valence-corrected chi connectivity index (χ3v) is 5.14. The molecule has 0 saturated heterocycles. The van der Waals surface area contributed by atoms with Crippen molar-refractivity contribution in [1.82, 2.24) is 0 Å². The Hall–Kier alpha value is -2.10. The van der Waals surface area contributed by atoms with Gasteiger partial charge in [0.2, 0.25) is 0 Å². The van der Waals surface area contributed by atoms with Crippen molar-refractivity contribution in [3.8, 4) is 6.07 Å². The van der Waals surface area contributed by atoms with Crippen LogP contribution in [0.4, 0.5) is 10.1 Å². The number of halogens is 2. The first-order chi connectivity index (χ1) is 9.87. The summed E-state index contributed by atoms with van der Waals surface area (Å²) in [6, 6.07) is 11.2. The van der Waals surface area contributed by atoms with Crippen molar-refractivity contribution < 1.29 is 12.8 Å². The van der Waals surface area contributed by atoms with Crippen LogP contribution in [0.1, 0.15) is 5.56 Å². The Labute approximate surface area is 127 Å². The fourth-order valence-corrected chi connectivity index (χ4v) is 3.46. The molecular weight excluding hydrogens is 315 g/mol. The number of hydrogen-bond acceptors (Lipinski definition) is 3. The van der Waals surface area contributed by atoms with Crippen molar-refractivity contribution in [2.24, 2.45) is 0 Å². The van der Waals surface area contributed by atoms with Gasteiger partial charge in [0.15, 0.2) is 0 Å². The van der Waals surface area contributed by atoms with E-state index in [-0.39, 0.29) is 21.2 Å². The van der Waals surface area contributed by atoms with E-state index in [9.17, 15) is 12.8 Å². The highest BCUT2D eigenvalue weighted by molar-refractivity contribution is 7.93. The van der Waals surface area contributed by atoms with Gasteiger partial charge in [-0.05, 0) is 30.3 Å². The van der Waals surface area contributed by atoms with E-state index in [2.05, 4.69) is 0 Å². The number of nitriles is 1. The van der Waals surface area contributed by atoms with E-state index in [0.717, 1.165) is 16.4 Å². The largest absolute Gasteiger partial charge is 0.266 e. The zero-order valence-electron chi connectivity index (χ0n) is 10.9. The van der Waals surface area contributed by atoms with Gasteiger partial charge in [-0.1, -0.05) is 23.7 Å². The summed E-state index contributed by atoms with van der Waals surface area (Å²) in [5.74, 6) is -0.670. The molecule has 0 spiro atoms. The number of sulfonamides is 1. The highest BCUT2D eigenvalue weighted by Gasteiger charge is 2.26. The average molecular weight is 325 g/mol. The molecule has 0 N–H and O–H groups in total. The number of rotatable bonds is 3. The van der Waals surface area contributed by atoms with Crippen LogP contribution in [-0.4, -0.2) is 15.5 Å². The summed E-state index contributed by atoms with van der Waals surface area (Å²) in [6.07, 6.45) is 0. The minimum atomic E-state index is -4.07. The molecule has 0 aliphatic heterocycles. The van der Waals surface area contributed by atoms with Gasteiger partial charge in [-0.2, -0.15) is 5.26 Å². The molecule has 0 bridgehead atoms. The quantitative estimate of drug-likeness (QED) is 0.871. The topological polar surface area (TPSA) is 61.2 Å². The Kier molecular flexibility index (Phi) is 4.16. The molecule has 2 aromatic rings. The van der Waals surface area contributed by atoms with Crippen LogP contribution >= 0.6 is 11.6 Å². The number of benzene rings is 2. The zero-order valence-corrected chi connectivity index (χ0v) is 12.5. The fourth-order valence-electron chi connectivity index (χ4n) is 1.75. The maximum Gasteiger partial charge on any atom is 0.265 e. The Morgan fingerprint density at radius 1 is 1.24 bits per heavy atom. The molecule has 0 aliphatic rings. The van der Waals surface area contributed by atoms with Gasteiger partial charge in [0.1, 0.15) is 10.7 Å². The minimum Gasteiger partial charge on any atom is -0.266 e. The number of para-hydroxylation sites is 1. The lowest BCUT2D eigenvalue weighted by atomic mass is 10.2. The first-order valence-corrected chi connectivity index (χ1v) is 7.63. The van der Waals surface area contributed by atoms with Crippen LogP contribution in [-0.2, 0) is 10.0 Å².